The Morgan fingerprint density at radius 1 is 1.34 bits per heavy atom. The maximum absolute atomic E-state index is 12.7. The van der Waals surface area contributed by atoms with Gasteiger partial charge >= 0.3 is 37.4 Å². The predicted molar refractivity (Wildman–Crippen MR) is 118 cm³/mol. The molecule has 32 heavy (non-hydrogen) atoms. The van der Waals surface area contributed by atoms with Crippen molar-refractivity contribution in [3.8, 4) is 0 Å². The van der Waals surface area contributed by atoms with Crippen molar-refractivity contribution in [3.63, 3.8) is 0 Å². The van der Waals surface area contributed by atoms with E-state index in [1.807, 2.05) is 0 Å². The second-order valence-corrected chi connectivity index (χ2v) is 8.71. The number of amides is 1. The molecule has 0 aliphatic carbocycles. The third-order valence-electron chi connectivity index (χ3n) is 4.13. The Morgan fingerprint density at radius 2 is 2.00 bits per heavy atom. The Morgan fingerprint density at radius 3 is 2.56 bits per heavy atom. The van der Waals surface area contributed by atoms with Gasteiger partial charge in [-0.05, 0) is 25.6 Å². The number of aryl methyl sites for hydroxylation is 1. The minimum atomic E-state index is -4.67. The summed E-state index contributed by atoms with van der Waals surface area (Å²) in [5.74, 6) is 0.719. The number of allylic oxidation sites excluding steroid dienone is 1. The topological polar surface area (TPSA) is 156 Å². The van der Waals surface area contributed by atoms with Crippen LogP contribution in [0.2, 0.25) is 0 Å². The summed E-state index contributed by atoms with van der Waals surface area (Å²) in [7, 11) is -4.67. The number of nitrogen functional groups attached to an aromatic ring is 1. The van der Waals surface area contributed by atoms with Crippen molar-refractivity contribution < 1.29 is 59.4 Å². The Balaban J connectivity index is 0.00000512. The second-order valence-electron chi connectivity index (χ2n) is 6.40. The van der Waals surface area contributed by atoms with E-state index in [9.17, 15) is 14.2 Å². The fourth-order valence-electron chi connectivity index (χ4n) is 2.52. The fraction of sp³-hybridized carbons (Fsp3) is 0.263. The van der Waals surface area contributed by atoms with Gasteiger partial charge in [0.15, 0.2) is 0 Å². The molecule has 0 saturated carbocycles. The number of anilines is 1. The first kappa shape index (κ1) is 28.5. The molecule has 4 N–H and O–H groups in total. The van der Waals surface area contributed by atoms with E-state index in [4.69, 9.17) is 15.5 Å². The van der Waals surface area contributed by atoms with Crippen LogP contribution in [0.1, 0.15) is 36.5 Å². The molecule has 0 bridgehead atoms. The number of hydrogen-bond donors (Lipinski definition) is 3. The van der Waals surface area contributed by atoms with Crippen molar-refractivity contribution in [3.05, 3.63) is 64.1 Å². The quantitative estimate of drug-likeness (QED) is 0.230. The molecule has 13 heteroatoms. The van der Waals surface area contributed by atoms with Gasteiger partial charge in [-0.1, -0.05) is 30.3 Å². The number of carbonyl (C=O) groups excluding carboxylic acids is 2. The second kappa shape index (κ2) is 13.2. The Kier molecular flexibility index (Phi) is 11.8. The average Bonchev–Trinajstić information content (AvgIpc) is 2.71. The molecule has 1 amide bonds. The third-order valence-corrected chi connectivity index (χ3v) is 5.82. The first-order valence-corrected chi connectivity index (χ1v) is 11.4. The van der Waals surface area contributed by atoms with Gasteiger partial charge in [0.25, 0.3) is 0 Å². The Hall–Kier alpha value is -1.56. The van der Waals surface area contributed by atoms with E-state index >= 15 is 0 Å². The van der Waals surface area contributed by atoms with Crippen LogP contribution in [0.15, 0.2) is 47.1 Å². The number of nitrogens with two attached hydrogens (primary N) is 1. The van der Waals surface area contributed by atoms with Crippen molar-refractivity contribution in [2.75, 3.05) is 12.3 Å². The summed E-state index contributed by atoms with van der Waals surface area (Å²) in [4.78, 5) is 52.2. The molecule has 0 saturated heterocycles. The van der Waals surface area contributed by atoms with Crippen LogP contribution < -0.4 is 35.3 Å². The Bertz CT molecular complexity index is 1020. The van der Waals surface area contributed by atoms with Crippen molar-refractivity contribution in [1.82, 2.24) is 14.9 Å². The van der Waals surface area contributed by atoms with Gasteiger partial charge in [0.2, 0.25) is 11.5 Å². The van der Waals surface area contributed by atoms with Crippen LogP contribution in [0.3, 0.4) is 0 Å². The summed E-state index contributed by atoms with van der Waals surface area (Å²) < 4.78 is 15.5. The average molecular weight is 490 g/mol. The Labute approximate surface area is 213 Å². The number of nitrogens with zero attached hydrogens (tertiary/aromatic N) is 3. The number of carbonyl (C=O) groups is 2. The predicted octanol–water partition coefficient (Wildman–Crippen LogP) is -0.253. The van der Waals surface area contributed by atoms with Crippen LogP contribution in [0.25, 0.3) is 0 Å². The molecule has 0 atom stereocenters. The summed E-state index contributed by atoms with van der Waals surface area (Å²) >= 11 is 0.862. The molecule has 1 heterocycles. The molecule has 0 unspecified atom stereocenters. The van der Waals surface area contributed by atoms with Gasteiger partial charge in [-0.2, -0.15) is 0 Å². The standard InChI is InChI=1S/C19H23N4O6PS.Na.H/c1-13(23(12-24)11-16-10-21-14(2)22-18(16)20)17(8-9-29-30(26,27)28)31-19(25)15-6-4-3-5-7-15;;/h3-7,10,12H,8-9,11H2,1-2H3,(H2,20,21,22)(H2,26,27,28);;/q;+1;-1. The number of phosphoric acid groups is 1. The molecule has 2 aromatic rings. The maximum Gasteiger partial charge on any atom is 1.00 e. The van der Waals surface area contributed by atoms with E-state index < -0.39 is 7.82 Å². The van der Waals surface area contributed by atoms with Crippen LogP contribution >= 0.6 is 19.6 Å². The van der Waals surface area contributed by atoms with E-state index in [1.54, 1.807) is 44.2 Å². The summed E-state index contributed by atoms with van der Waals surface area (Å²) in [6.45, 7) is 3.03. The number of aromatic nitrogens is 2. The van der Waals surface area contributed by atoms with E-state index in [0.717, 1.165) is 11.8 Å². The summed E-state index contributed by atoms with van der Waals surface area (Å²) in [6, 6.07) is 8.52. The zero-order valence-corrected chi connectivity index (χ0v) is 21.7. The molecule has 0 spiro atoms. The van der Waals surface area contributed by atoms with Crippen LogP contribution in [0, 0.1) is 6.92 Å². The van der Waals surface area contributed by atoms with Gasteiger partial charge < -0.3 is 21.8 Å². The van der Waals surface area contributed by atoms with Crippen LogP contribution in [0.5, 0.6) is 0 Å². The first-order valence-electron chi connectivity index (χ1n) is 9.07. The van der Waals surface area contributed by atoms with E-state index in [0.29, 0.717) is 34.0 Å². The summed E-state index contributed by atoms with van der Waals surface area (Å²) in [5.41, 5.74) is 7.29. The SMILES string of the molecule is CC(=C(CCOP(=O)(O)O)SC(=O)c1ccccc1)N(C=O)Cc1cnc(C)nc1N.[H-].[Na+]. The molecular formula is C19H24N4NaO6PS. The molecule has 2 rings (SSSR count). The summed E-state index contributed by atoms with van der Waals surface area (Å²) in [5, 5.41) is -0.282. The third kappa shape index (κ3) is 9.13. The monoisotopic (exact) mass is 490 g/mol. The van der Waals surface area contributed by atoms with Gasteiger partial charge in [0.05, 0.1) is 13.2 Å². The molecule has 10 nitrogen and oxygen atoms in total. The van der Waals surface area contributed by atoms with Crippen LogP contribution in [-0.4, -0.2) is 42.8 Å². The van der Waals surface area contributed by atoms with Gasteiger partial charge in [-0.25, -0.2) is 14.5 Å². The van der Waals surface area contributed by atoms with Crippen molar-refractivity contribution >= 4 is 36.9 Å². The largest absolute Gasteiger partial charge is 1.00 e. The molecule has 1 aromatic carbocycles. The van der Waals surface area contributed by atoms with Crippen molar-refractivity contribution in [2.24, 2.45) is 0 Å². The van der Waals surface area contributed by atoms with Gasteiger partial charge in [0, 0.05) is 34.3 Å². The van der Waals surface area contributed by atoms with Crippen molar-refractivity contribution in [1.29, 1.82) is 0 Å². The smallest absolute Gasteiger partial charge is 1.00 e. The number of phosphoric ester groups is 1. The number of hydrogen-bond acceptors (Lipinski definition) is 8. The first-order chi connectivity index (χ1) is 14.6. The molecule has 1 aromatic heterocycles. The van der Waals surface area contributed by atoms with E-state index in [1.165, 1.54) is 11.1 Å². The van der Waals surface area contributed by atoms with E-state index in [-0.39, 0.29) is 61.5 Å². The number of thioether (sulfide) groups is 1. The summed E-state index contributed by atoms with van der Waals surface area (Å²) in [6.07, 6.45) is 2.09. The molecule has 0 radical (unpaired) electrons. The normalized spacial score (nSPS) is 11.9. The minimum Gasteiger partial charge on any atom is -1.00 e. The zero-order valence-electron chi connectivity index (χ0n) is 19.0. The minimum absolute atomic E-state index is 0. The number of rotatable bonds is 10. The van der Waals surface area contributed by atoms with E-state index in [2.05, 4.69) is 14.5 Å². The van der Waals surface area contributed by atoms with Gasteiger partial charge in [0.1, 0.15) is 11.6 Å². The maximum atomic E-state index is 12.7. The number of benzene rings is 1. The van der Waals surface area contributed by atoms with Crippen LogP contribution in [-0.2, 0) is 20.4 Å². The zero-order chi connectivity index (χ0) is 23.0. The van der Waals surface area contributed by atoms with Gasteiger partial charge in [-0.3, -0.25) is 14.1 Å². The van der Waals surface area contributed by atoms with Crippen LogP contribution in [0.4, 0.5) is 5.82 Å². The molecule has 0 fully saturated rings. The van der Waals surface area contributed by atoms with Crippen molar-refractivity contribution in [2.45, 2.75) is 26.8 Å². The molecule has 0 aliphatic heterocycles. The fourth-order valence-corrected chi connectivity index (χ4v) is 3.78. The molecular weight excluding hydrogens is 466 g/mol. The molecule has 0 aliphatic rings. The molecule has 168 valence electrons. The van der Waals surface area contributed by atoms with Gasteiger partial charge in [-0.15, -0.1) is 0 Å².